The number of ether oxygens (including phenoxy) is 2. The first kappa shape index (κ1) is 20.6. The molecule has 2 aliphatic rings. The highest BCUT2D eigenvalue weighted by Gasteiger charge is 2.52. The summed E-state index contributed by atoms with van der Waals surface area (Å²) in [5.41, 5.74) is 0.151. The van der Waals surface area contributed by atoms with Crippen molar-refractivity contribution in [3.8, 4) is 17.6 Å². The summed E-state index contributed by atoms with van der Waals surface area (Å²) in [7, 11) is 3.07. The van der Waals surface area contributed by atoms with Crippen molar-refractivity contribution in [3.05, 3.63) is 69.2 Å². The largest absolute Gasteiger partial charge is 0.493 e. The molecule has 1 N–H and O–H groups in total. The summed E-state index contributed by atoms with van der Waals surface area (Å²) in [6, 6.07) is 14.4. The van der Waals surface area contributed by atoms with Gasteiger partial charge in [0.1, 0.15) is 0 Å². The van der Waals surface area contributed by atoms with E-state index in [2.05, 4.69) is 6.07 Å². The van der Waals surface area contributed by atoms with Crippen molar-refractivity contribution in [2.24, 2.45) is 0 Å². The zero-order valence-electron chi connectivity index (χ0n) is 16.4. The summed E-state index contributed by atoms with van der Waals surface area (Å²) in [4.78, 5) is 14.6. The predicted octanol–water partition coefficient (Wildman–Crippen LogP) is 4.00. The number of aliphatic hydroxyl groups is 1. The summed E-state index contributed by atoms with van der Waals surface area (Å²) in [5.74, 6) is 0.503. The second-order valence-corrected chi connectivity index (χ2v) is 8.41. The lowest BCUT2D eigenvalue weighted by molar-refractivity contribution is -0.149. The van der Waals surface area contributed by atoms with Crippen molar-refractivity contribution in [1.29, 1.82) is 5.26 Å². The van der Waals surface area contributed by atoms with Gasteiger partial charge >= 0.3 is 0 Å². The topological polar surface area (TPSA) is 82.8 Å². The van der Waals surface area contributed by atoms with Crippen LogP contribution in [0.3, 0.4) is 0 Å². The average Bonchev–Trinajstić information content (AvgIpc) is 3.12. The number of para-hydroxylation sites is 1. The van der Waals surface area contributed by atoms with Crippen LogP contribution >= 0.6 is 23.4 Å². The Hall–Kier alpha value is -2.66. The molecule has 1 saturated heterocycles. The van der Waals surface area contributed by atoms with Crippen LogP contribution in [-0.4, -0.2) is 35.9 Å². The first-order valence-corrected chi connectivity index (χ1v) is 10.6. The van der Waals surface area contributed by atoms with E-state index in [1.54, 1.807) is 36.4 Å². The predicted molar refractivity (Wildman–Crippen MR) is 114 cm³/mol. The van der Waals surface area contributed by atoms with Crippen molar-refractivity contribution in [2.45, 2.75) is 18.1 Å². The Labute approximate surface area is 183 Å². The molecule has 8 heteroatoms. The molecule has 6 nitrogen and oxygen atoms in total. The molecular formula is C22H19ClN2O4S. The summed E-state index contributed by atoms with van der Waals surface area (Å²) in [5, 5.41) is 22.4. The number of thioether (sulfide) groups is 1. The van der Waals surface area contributed by atoms with Gasteiger partial charge in [-0.05, 0) is 18.2 Å². The van der Waals surface area contributed by atoms with Gasteiger partial charge in [-0.15, -0.1) is 11.8 Å². The number of benzene rings is 2. The minimum atomic E-state index is -1.53. The number of amides is 1. The van der Waals surface area contributed by atoms with Gasteiger partial charge < -0.3 is 14.6 Å². The Bertz CT molecular complexity index is 1080. The molecule has 2 aliphatic heterocycles. The standard InChI is InChI=1S/C22H19ClN2O4S/c1-28-18-5-3-4-15(20(18)29-2)16-10-19(26)25-21(17(16)11-24)30-12-22(25,27)13-6-8-14(23)9-7-13/h3-9,16,27H,10,12H2,1-2H3/t16-,22-/m0/s1. The third kappa shape index (κ3) is 3.12. The summed E-state index contributed by atoms with van der Waals surface area (Å²) in [6.45, 7) is 0. The molecule has 2 atom stereocenters. The van der Waals surface area contributed by atoms with Gasteiger partial charge in [-0.2, -0.15) is 5.26 Å². The van der Waals surface area contributed by atoms with E-state index in [-0.39, 0.29) is 18.1 Å². The van der Waals surface area contributed by atoms with Gasteiger partial charge in [0.15, 0.2) is 17.2 Å². The number of hydrogen-bond acceptors (Lipinski definition) is 6. The van der Waals surface area contributed by atoms with Gasteiger partial charge in [-0.25, -0.2) is 0 Å². The number of halogens is 1. The molecule has 4 rings (SSSR count). The number of rotatable bonds is 4. The lowest BCUT2D eigenvalue weighted by Crippen LogP contribution is -2.48. The molecule has 1 fully saturated rings. The van der Waals surface area contributed by atoms with Gasteiger partial charge in [0.05, 0.1) is 36.6 Å². The van der Waals surface area contributed by atoms with Crippen molar-refractivity contribution >= 4 is 29.3 Å². The minimum Gasteiger partial charge on any atom is -0.493 e. The Kier molecular flexibility index (Phi) is 5.41. The van der Waals surface area contributed by atoms with Crippen molar-refractivity contribution in [3.63, 3.8) is 0 Å². The maximum absolute atomic E-state index is 13.2. The van der Waals surface area contributed by atoms with E-state index in [9.17, 15) is 15.2 Å². The van der Waals surface area contributed by atoms with Crippen molar-refractivity contribution < 1.29 is 19.4 Å². The maximum Gasteiger partial charge on any atom is 0.231 e. The molecular weight excluding hydrogens is 424 g/mol. The molecule has 30 heavy (non-hydrogen) atoms. The first-order valence-electron chi connectivity index (χ1n) is 9.24. The van der Waals surface area contributed by atoms with Crippen LogP contribution in [0.5, 0.6) is 11.5 Å². The van der Waals surface area contributed by atoms with Crippen LogP contribution in [0.4, 0.5) is 0 Å². The van der Waals surface area contributed by atoms with Gasteiger partial charge in [-0.1, -0.05) is 35.9 Å². The normalized spacial score (nSPS) is 23.2. The highest BCUT2D eigenvalue weighted by atomic mass is 35.5. The van der Waals surface area contributed by atoms with Crippen LogP contribution in [0, 0.1) is 11.3 Å². The Morgan fingerprint density at radius 1 is 1.23 bits per heavy atom. The third-order valence-electron chi connectivity index (χ3n) is 5.43. The van der Waals surface area contributed by atoms with Gasteiger partial charge in [0.25, 0.3) is 0 Å². The van der Waals surface area contributed by atoms with E-state index in [1.165, 1.54) is 30.9 Å². The summed E-state index contributed by atoms with van der Waals surface area (Å²) in [6.07, 6.45) is 0.0341. The monoisotopic (exact) mass is 442 g/mol. The van der Waals surface area contributed by atoms with Gasteiger partial charge in [0.2, 0.25) is 5.91 Å². The summed E-state index contributed by atoms with van der Waals surface area (Å²) >= 11 is 7.27. The molecule has 2 aromatic carbocycles. The second kappa shape index (κ2) is 7.88. The van der Waals surface area contributed by atoms with Crippen LogP contribution in [0.15, 0.2) is 53.1 Å². The van der Waals surface area contributed by atoms with E-state index in [0.29, 0.717) is 38.3 Å². The summed E-state index contributed by atoms with van der Waals surface area (Å²) < 4.78 is 10.9. The highest BCUT2D eigenvalue weighted by molar-refractivity contribution is 8.03. The van der Waals surface area contributed by atoms with Crippen molar-refractivity contribution in [1.82, 2.24) is 4.90 Å². The molecule has 0 aliphatic carbocycles. The molecule has 2 aromatic rings. The fourth-order valence-electron chi connectivity index (χ4n) is 4.01. The number of nitrogens with zero attached hydrogens (tertiary/aromatic N) is 2. The second-order valence-electron chi connectivity index (χ2n) is 7.01. The number of carbonyl (C=O) groups excluding carboxylic acids is 1. The SMILES string of the molecule is COc1cccc([C@@H]2CC(=O)N3C(=C2C#N)SC[C@]3(O)c2ccc(Cl)cc2)c1OC. The zero-order chi connectivity index (χ0) is 21.5. The molecule has 2 heterocycles. The van der Waals surface area contributed by atoms with Crippen molar-refractivity contribution in [2.75, 3.05) is 20.0 Å². The third-order valence-corrected chi connectivity index (χ3v) is 6.90. The Morgan fingerprint density at radius 3 is 2.60 bits per heavy atom. The fraction of sp³-hybridized carbons (Fsp3) is 0.273. The minimum absolute atomic E-state index is 0.0341. The van der Waals surface area contributed by atoms with E-state index in [4.69, 9.17) is 21.1 Å². The van der Waals surface area contributed by atoms with Crippen LogP contribution in [-0.2, 0) is 10.5 Å². The van der Waals surface area contributed by atoms with Crippen LogP contribution in [0.1, 0.15) is 23.5 Å². The molecule has 0 aromatic heterocycles. The lowest BCUT2D eigenvalue weighted by Gasteiger charge is -2.38. The van der Waals surface area contributed by atoms with Crippen LogP contribution in [0.25, 0.3) is 0 Å². The quantitative estimate of drug-likeness (QED) is 0.770. The maximum atomic E-state index is 13.2. The number of methoxy groups -OCH3 is 2. The Balaban J connectivity index is 1.83. The number of carbonyl (C=O) groups is 1. The first-order chi connectivity index (χ1) is 14.4. The van der Waals surface area contributed by atoms with E-state index in [0.717, 1.165) is 0 Å². The lowest BCUT2D eigenvalue weighted by atomic mass is 9.84. The van der Waals surface area contributed by atoms with Gasteiger partial charge in [-0.3, -0.25) is 9.69 Å². The average molecular weight is 443 g/mol. The molecule has 0 bridgehead atoms. The number of nitriles is 1. The fourth-order valence-corrected chi connectivity index (χ4v) is 5.49. The van der Waals surface area contributed by atoms with Crippen LogP contribution in [0.2, 0.25) is 5.02 Å². The van der Waals surface area contributed by atoms with E-state index < -0.39 is 11.6 Å². The number of fused-ring (bicyclic) bond motifs is 1. The van der Waals surface area contributed by atoms with E-state index >= 15 is 0 Å². The Morgan fingerprint density at radius 2 is 1.97 bits per heavy atom. The number of allylic oxidation sites excluding steroid dienone is 1. The molecule has 1 amide bonds. The van der Waals surface area contributed by atoms with Gasteiger partial charge in [0, 0.05) is 28.5 Å². The number of hydrogen-bond donors (Lipinski definition) is 1. The zero-order valence-corrected chi connectivity index (χ0v) is 18.0. The molecule has 0 unspecified atom stereocenters. The molecule has 0 saturated carbocycles. The molecule has 0 radical (unpaired) electrons. The molecule has 0 spiro atoms. The van der Waals surface area contributed by atoms with Crippen LogP contribution < -0.4 is 9.47 Å². The highest BCUT2D eigenvalue weighted by Crippen LogP contribution is 2.53. The van der Waals surface area contributed by atoms with E-state index in [1.807, 2.05) is 6.07 Å². The smallest absolute Gasteiger partial charge is 0.231 e. The molecule has 154 valence electrons.